The standard InChI is InChI=1S/C18H27N3O/c1-5-10-20-11-13-21(14-12-20)17(22)19-16-9-7-6-8-15(16)18(2,3)4/h5-9H,1,10-14H2,2-4H3,(H,19,22). The van der Waals surface area contributed by atoms with Crippen molar-refractivity contribution < 1.29 is 4.79 Å². The van der Waals surface area contributed by atoms with Gasteiger partial charge in [0.15, 0.2) is 0 Å². The van der Waals surface area contributed by atoms with Gasteiger partial charge >= 0.3 is 6.03 Å². The van der Waals surface area contributed by atoms with E-state index in [1.165, 1.54) is 0 Å². The fraction of sp³-hybridized carbons (Fsp3) is 0.500. The molecule has 1 saturated heterocycles. The molecule has 1 N–H and O–H groups in total. The largest absolute Gasteiger partial charge is 0.322 e. The Morgan fingerprint density at radius 2 is 1.86 bits per heavy atom. The number of carbonyl (C=O) groups excluding carboxylic acids is 1. The maximum Gasteiger partial charge on any atom is 0.321 e. The van der Waals surface area contributed by atoms with Crippen molar-refractivity contribution in [3.8, 4) is 0 Å². The number of nitrogens with zero attached hydrogens (tertiary/aromatic N) is 2. The van der Waals surface area contributed by atoms with E-state index in [0.717, 1.165) is 44.0 Å². The highest BCUT2D eigenvalue weighted by atomic mass is 16.2. The number of carbonyl (C=O) groups is 1. The fourth-order valence-electron chi connectivity index (χ4n) is 2.76. The van der Waals surface area contributed by atoms with Gasteiger partial charge in [0.05, 0.1) is 0 Å². The summed E-state index contributed by atoms with van der Waals surface area (Å²) >= 11 is 0. The Hall–Kier alpha value is -1.81. The van der Waals surface area contributed by atoms with E-state index in [9.17, 15) is 4.79 Å². The van der Waals surface area contributed by atoms with Crippen molar-refractivity contribution in [2.24, 2.45) is 0 Å². The molecular formula is C18H27N3O. The molecule has 4 heteroatoms. The Kier molecular flexibility index (Phi) is 5.24. The molecule has 0 unspecified atom stereocenters. The first-order chi connectivity index (χ1) is 10.4. The van der Waals surface area contributed by atoms with E-state index in [1.807, 2.05) is 29.2 Å². The van der Waals surface area contributed by atoms with Gasteiger partial charge in [-0.25, -0.2) is 4.79 Å². The quantitative estimate of drug-likeness (QED) is 0.869. The smallest absolute Gasteiger partial charge is 0.321 e. The van der Waals surface area contributed by atoms with E-state index in [4.69, 9.17) is 0 Å². The molecule has 2 amide bonds. The molecule has 2 rings (SSSR count). The molecule has 1 heterocycles. The van der Waals surface area contributed by atoms with Gasteiger partial charge in [0.25, 0.3) is 0 Å². The Labute approximate surface area is 133 Å². The summed E-state index contributed by atoms with van der Waals surface area (Å²) < 4.78 is 0. The van der Waals surface area contributed by atoms with Crippen LogP contribution in [-0.2, 0) is 5.41 Å². The topological polar surface area (TPSA) is 35.6 Å². The van der Waals surface area contributed by atoms with Crippen LogP contribution >= 0.6 is 0 Å². The molecule has 0 spiro atoms. The number of amides is 2. The van der Waals surface area contributed by atoms with E-state index in [-0.39, 0.29) is 11.4 Å². The zero-order chi connectivity index (χ0) is 16.2. The van der Waals surface area contributed by atoms with Crippen LogP contribution in [-0.4, -0.2) is 48.6 Å². The van der Waals surface area contributed by atoms with Crippen molar-refractivity contribution in [3.63, 3.8) is 0 Å². The number of anilines is 1. The minimum absolute atomic E-state index is 0.00467. The molecule has 1 aliphatic heterocycles. The average molecular weight is 301 g/mol. The lowest BCUT2D eigenvalue weighted by atomic mass is 9.86. The average Bonchev–Trinajstić information content (AvgIpc) is 2.48. The molecular weight excluding hydrogens is 274 g/mol. The van der Waals surface area contributed by atoms with Crippen molar-refractivity contribution in [1.29, 1.82) is 0 Å². The van der Waals surface area contributed by atoms with Gasteiger partial charge in [-0.2, -0.15) is 0 Å². The fourth-order valence-corrected chi connectivity index (χ4v) is 2.76. The molecule has 0 aliphatic carbocycles. The molecule has 0 saturated carbocycles. The second-order valence-electron chi connectivity index (χ2n) is 6.80. The number of para-hydroxylation sites is 1. The third-order valence-electron chi connectivity index (χ3n) is 4.02. The SMILES string of the molecule is C=CCN1CCN(C(=O)Nc2ccccc2C(C)(C)C)CC1. The number of urea groups is 1. The lowest BCUT2D eigenvalue weighted by Gasteiger charge is -2.34. The number of rotatable bonds is 3. The van der Waals surface area contributed by atoms with Crippen molar-refractivity contribution in [1.82, 2.24) is 9.80 Å². The summed E-state index contributed by atoms with van der Waals surface area (Å²) in [5, 5.41) is 3.08. The van der Waals surface area contributed by atoms with Crippen LogP contribution < -0.4 is 5.32 Å². The van der Waals surface area contributed by atoms with E-state index in [2.05, 4.69) is 43.6 Å². The van der Waals surface area contributed by atoms with E-state index >= 15 is 0 Å². The summed E-state index contributed by atoms with van der Waals surface area (Å²) in [5.41, 5.74) is 2.08. The van der Waals surface area contributed by atoms with E-state index < -0.39 is 0 Å². The third-order valence-corrected chi connectivity index (χ3v) is 4.02. The van der Waals surface area contributed by atoms with Gasteiger partial charge in [-0.1, -0.05) is 45.0 Å². The highest BCUT2D eigenvalue weighted by Crippen LogP contribution is 2.29. The van der Waals surface area contributed by atoms with Crippen LogP contribution in [0.5, 0.6) is 0 Å². The number of benzene rings is 1. The summed E-state index contributed by atoms with van der Waals surface area (Å²) in [6, 6.07) is 8.04. The maximum atomic E-state index is 12.5. The zero-order valence-electron chi connectivity index (χ0n) is 13.9. The van der Waals surface area contributed by atoms with Gasteiger partial charge in [-0.15, -0.1) is 6.58 Å². The molecule has 0 atom stereocenters. The summed E-state index contributed by atoms with van der Waals surface area (Å²) in [5.74, 6) is 0. The maximum absolute atomic E-state index is 12.5. The molecule has 120 valence electrons. The van der Waals surface area contributed by atoms with Crippen LogP contribution in [0.2, 0.25) is 0 Å². The van der Waals surface area contributed by atoms with Gasteiger partial charge in [0.2, 0.25) is 0 Å². The van der Waals surface area contributed by atoms with E-state index in [0.29, 0.717) is 0 Å². The molecule has 0 bridgehead atoms. The Balaban J connectivity index is 2.00. The van der Waals surface area contributed by atoms with Crippen molar-refractivity contribution in [2.45, 2.75) is 26.2 Å². The molecule has 1 fully saturated rings. The van der Waals surface area contributed by atoms with Gasteiger partial charge in [-0.3, -0.25) is 4.90 Å². The van der Waals surface area contributed by atoms with Crippen LogP contribution in [0.1, 0.15) is 26.3 Å². The zero-order valence-corrected chi connectivity index (χ0v) is 13.9. The number of piperazine rings is 1. The van der Waals surface area contributed by atoms with Gasteiger partial charge in [-0.05, 0) is 17.0 Å². The molecule has 1 aliphatic rings. The van der Waals surface area contributed by atoms with E-state index in [1.54, 1.807) is 0 Å². The molecule has 4 nitrogen and oxygen atoms in total. The van der Waals surface area contributed by atoms with Crippen molar-refractivity contribution in [2.75, 3.05) is 38.0 Å². The first-order valence-corrected chi connectivity index (χ1v) is 7.90. The molecule has 1 aromatic rings. The van der Waals surface area contributed by atoms with Crippen LogP contribution in [0.25, 0.3) is 0 Å². The summed E-state index contributed by atoms with van der Waals surface area (Å²) in [4.78, 5) is 16.7. The molecule has 1 aromatic carbocycles. The molecule has 22 heavy (non-hydrogen) atoms. The molecule has 0 aromatic heterocycles. The van der Waals surface area contributed by atoms with Crippen LogP contribution in [0.3, 0.4) is 0 Å². The monoisotopic (exact) mass is 301 g/mol. The normalized spacial score (nSPS) is 16.4. The minimum Gasteiger partial charge on any atom is -0.322 e. The summed E-state index contributed by atoms with van der Waals surface area (Å²) in [6.07, 6.45) is 1.91. The first-order valence-electron chi connectivity index (χ1n) is 7.90. The predicted molar refractivity (Wildman–Crippen MR) is 92.4 cm³/mol. The Morgan fingerprint density at radius 3 is 2.45 bits per heavy atom. The first kappa shape index (κ1) is 16.6. The number of hydrogen-bond acceptors (Lipinski definition) is 2. The lowest BCUT2D eigenvalue weighted by molar-refractivity contribution is 0.155. The van der Waals surface area contributed by atoms with Crippen LogP contribution in [0, 0.1) is 0 Å². The summed E-state index contributed by atoms with van der Waals surface area (Å²) in [7, 11) is 0. The number of hydrogen-bond donors (Lipinski definition) is 1. The Morgan fingerprint density at radius 1 is 1.23 bits per heavy atom. The predicted octanol–water partition coefficient (Wildman–Crippen LogP) is 3.32. The second-order valence-corrected chi connectivity index (χ2v) is 6.80. The highest BCUT2D eigenvalue weighted by molar-refractivity contribution is 5.90. The minimum atomic E-state index is -0.00467. The highest BCUT2D eigenvalue weighted by Gasteiger charge is 2.23. The summed E-state index contributed by atoms with van der Waals surface area (Å²) in [6.45, 7) is 14.5. The van der Waals surface area contributed by atoms with Gasteiger partial charge in [0, 0.05) is 38.4 Å². The van der Waals surface area contributed by atoms with Gasteiger partial charge in [0.1, 0.15) is 0 Å². The molecule has 0 radical (unpaired) electrons. The number of nitrogens with one attached hydrogen (secondary N) is 1. The second kappa shape index (κ2) is 6.97. The van der Waals surface area contributed by atoms with Crippen LogP contribution in [0.4, 0.5) is 10.5 Å². The van der Waals surface area contributed by atoms with Crippen molar-refractivity contribution >= 4 is 11.7 Å². The lowest BCUT2D eigenvalue weighted by Crippen LogP contribution is -2.50. The third kappa shape index (κ3) is 4.10. The van der Waals surface area contributed by atoms with Crippen LogP contribution in [0.15, 0.2) is 36.9 Å². The van der Waals surface area contributed by atoms with Gasteiger partial charge < -0.3 is 10.2 Å². The Bertz CT molecular complexity index is 525. The van der Waals surface area contributed by atoms with Crippen molar-refractivity contribution in [3.05, 3.63) is 42.5 Å².